The molecule has 0 aliphatic heterocycles. The number of rotatable bonds is 3. The molecule has 0 amide bonds. The number of aryl methyl sites for hydroxylation is 1. The standard InChI is InChI=1S/C20H16N2O2/c1-15-12-17(6-9-19(15)13-22-11-10-21-14-22)3-2-16-4-7-18(8-5-16)20(23)24/h4-12,14H,13H2,1H3,(H,23,24). The Morgan fingerprint density at radius 3 is 2.46 bits per heavy atom. The topological polar surface area (TPSA) is 55.1 Å². The summed E-state index contributed by atoms with van der Waals surface area (Å²) in [6.45, 7) is 2.86. The summed E-state index contributed by atoms with van der Waals surface area (Å²) in [7, 11) is 0. The molecule has 1 heterocycles. The fraction of sp³-hybridized carbons (Fsp3) is 0.100. The average Bonchev–Trinajstić information content (AvgIpc) is 3.08. The number of carboxylic acids is 1. The molecule has 0 unspecified atom stereocenters. The lowest BCUT2D eigenvalue weighted by molar-refractivity contribution is 0.0697. The van der Waals surface area contributed by atoms with Gasteiger partial charge in [-0.3, -0.25) is 0 Å². The van der Waals surface area contributed by atoms with Gasteiger partial charge in [0.1, 0.15) is 0 Å². The Kier molecular flexibility index (Phi) is 4.44. The second kappa shape index (κ2) is 6.84. The minimum Gasteiger partial charge on any atom is -0.478 e. The van der Waals surface area contributed by atoms with Gasteiger partial charge in [0, 0.05) is 30.1 Å². The Labute approximate surface area is 140 Å². The van der Waals surface area contributed by atoms with Crippen molar-refractivity contribution in [1.82, 2.24) is 9.55 Å². The van der Waals surface area contributed by atoms with Crippen molar-refractivity contribution in [3.63, 3.8) is 0 Å². The quantitative estimate of drug-likeness (QED) is 0.754. The van der Waals surface area contributed by atoms with Crippen LogP contribution in [0.2, 0.25) is 0 Å². The summed E-state index contributed by atoms with van der Waals surface area (Å²) in [5, 5.41) is 8.89. The van der Waals surface area contributed by atoms with Crippen LogP contribution in [0.1, 0.15) is 32.6 Å². The molecule has 1 aromatic heterocycles. The van der Waals surface area contributed by atoms with Gasteiger partial charge in [0.15, 0.2) is 0 Å². The number of aromatic carboxylic acids is 1. The maximum Gasteiger partial charge on any atom is 0.335 e. The second-order valence-corrected chi connectivity index (χ2v) is 5.51. The first-order chi connectivity index (χ1) is 11.6. The first-order valence-corrected chi connectivity index (χ1v) is 7.52. The van der Waals surface area contributed by atoms with Gasteiger partial charge in [0.05, 0.1) is 11.9 Å². The van der Waals surface area contributed by atoms with E-state index < -0.39 is 5.97 Å². The van der Waals surface area contributed by atoms with Crippen LogP contribution in [0.15, 0.2) is 61.2 Å². The van der Waals surface area contributed by atoms with E-state index in [1.807, 2.05) is 16.8 Å². The molecule has 0 spiro atoms. The van der Waals surface area contributed by atoms with Gasteiger partial charge >= 0.3 is 5.97 Å². The lowest BCUT2D eigenvalue weighted by Gasteiger charge is -2.07. The molecule has 1 N–H and O–H groups in total. The van der Waals surface area contributed by atoms with Gasteiger partial charge in [-0.1, -0.05) is 17.9 Å². The number of nitrogens with zero attached hydrogens (tertiary/aromatic N) is 2. The van der Waals surface area contributed by atoms with Crippen molar-refractivity contribution in [1.29, 1.82) is 0 Å². The third-order valence-corrected chi connectivity index (χ3v) is 3.74. The summed E-state index contributed by atoms with van der Waals surface area (Å²) in [6, 6.07) is 12.7. The van der Waals surface area contributed by atoms with Gasteiger partial charge < -0.3 is 9.67 Å². The van der Waals surface area contributed by atoms with Crippen LogP contribution in [0.5, 0.6) is 0 Å². The Bertz CT molecular complexity index is 915. The minimum absolute atomic E-state index is 0.264. The van der Waals surface area contributed by atoms with Crippen LogP contribution in [-0.2, 0) is 6.54 Å². The van der Waals surface area contributed by atoms with Crippen molar-refractivity contribution in [2.45, 2.75) is 13.5 Å². The predicted octanol–water partition coefficient (Wildman–Crippen LogP) is 3.34. The van der Waals surface area contributed by atoms with E-state index in [-0.39, 0.29) is 5.56 Å². The first kappa shape index (κ1) is 15.6. The van der Waals surface area contributed by atoms with E-state index in [0.29, 0.717) is 0 Å². The molecule has 0 aliphatic carbocycles. The molecule has 0 aliphatic rings. The normalized spacial score (nSPS) is 10.0. The van der Waals surface area contributed by atoms with Crippen LogP contribution in [-0.4, -0.2) is 20.6 Å². The predicted molar refractivity (Wildman–Crippen MR) is 91.9 cm³/mol. The Hall–Kier alpha value is -3.32. The molecule has 4 nitrogen and oxygen atoms in total. The zero-order valence-corrected chi connectivity index (χ0v) is 13.2. The molecule has 2 aromatic carbocycles. The number of carboxylic acid groups (broad SMARTS) is 1. The van der Waals surface area contributed by atoms with E-state index in [0.717, 1.165) is 17.7 Å². The maximum absolute atomic E-state index is 10.8. The van der Waals surface area contributed by atoms with Crippen LogP contribution in [0.25, 0.3) is 0 Å². The van der Waals surface area contributed by atoms with Crippen LogP contribution in [0, 0.1) is 18.8 Å². The average molecular weight is 316 g/mol. The number of hydrogen-bond donors (Lipinski definition) is 1. The fourth-order valence-corrected chi connectivity index (χ4v) is 2.37. The number of benzene rings is 2. The Balaban J connectivity index is 1.76. The zero-order valence-electron chi connectivity index (χ0n) is 13.2. The van der Waals surface area contributed by atoms with Crippen molar-refractivity contribution in [3.05, 3.63) is 89.0 Å². The van der Waals surface area contributed by atoms with E-state index in [4.69, 9.17) is 5.11 Å². The van der Waals surface area contributed by atoms with Crippen molar-refractivity contribution in [2.24, 2.45) is 0 Å². The molecule has 0 bridgehead atoms. The molecule has 4 heteroatoms. The summed E-state index contributed by atoms with van der Waals surface area (Å²) in [5.74, 6) is 5.25. The largest absolute Gasteiger partial charge is 0.478 e. The van der Waals surface area contributed by atoms with Crippen molar-refractivity contribution in [2.75, 3.05) is 0 Å². The summed E-state index contributed by atoms with van der Waals surface area (Å²) < 4.78 is 2.03. The van der Waals surface area contributed by atoms with E-state index in [9.17, 15) is 4.79 Å². The molecule has 3 rings (SSSR count). The molecular formula is C20H16N2O2. The number of carbonyl (C=O) groups is 1. The third kappa shape index (κ3) is 3.71. The highest BCUT2D eigenvalue weighted by atomic mass is 16.4. The molecule has 24 heavy (non-hydrogen) atoms. The third-order valence-electron chi connectivity index (χ3n) is 3.74. The van der Waals surface area contributed by atoms with Gasteiger partial charge in [-0.15, -0.1) is 0 Å². The summed E-state index contributed by atoms with van der Waals surface area (Å²) in [6.07, 6.45) is 5.51. The van der Waals surface area contributed by atoms with Gasteiger partial charge in [0.2, 0.25) is 0 Å². The Morgan fingerprint density at radius 1 is 1.12 bits per heavy atom. The molecular weight excluding hydrogens is 300 g/mol. The summed E-state index contributed by atoms with van der Waals surface area (Å²) in [4.78, 5) is 14.9. The van der Waals surface area contributed by atoms with Crippen LogP contribution in [0.4, 0.5) is 0 Å². The molecule has 3 aromatic rings. The Morgan fingerprint density at radius 2 is 1.83 bits per heavy atom. The van der Waals surface area contributed by atoms with Crippen LogP contribution in [0.3, 0.4) is 0 Å². The monoisotopic (exact) mass is 316 g/mol. The van der Waals surface area contributed by atoms with Gasteiger partial charge in [-0.25, -0.2) is 9.78 Å². The number of aromatic nitrogens is 2. The lowest BCUT2D eigenvalue weighted by Crippen LogP contribution is -1.99. The molecule has 0 radical (unpaired) electrons. The van der Waals surface area contributed by atoms with Crippen molar-refractivity contribution >= 4 is 5.97 Å². The van der Waals surface area contributed by atoms with E-state index in [2.05, 4.69) is 35.9 Å². The van der Waals surface area contributed by atoms with Gasteiger partial charge in [-0.2, -0.15) is 0 Å². The highest BCUT2D eigenvalue weighted by Gasteiger charge is 2.01. The van der Waals surface area contributed by atoms with Gasteiger partial charge in [-0.05, 0) is 54.4 Å². The SMILES string of the molecule is Cc1cc(C#Cc2ccc(C(=O)O)cc2)ccc1Cn1ccnc1. The zero-order chi connectivity index (χ0) is 16.9. The van der Waals surface area contributed by atoms with Crippen LogP contribution < -0.4 is 0 Å². The summed E-state index contributed by atoms with van der Waals surface area (Å²) >= 11 is 0. The van der Waals surface area contributed by atoms with E-state index in [1.54, 1.807) is 36.8 Å². The second-order valence-electron chi connectivity index (χ2n) is 5.51. The fourth-order valence-electron chi connectivity index (χ4n) is 2.37. The summed E-state index contributed by atoms with van der Waals surface area (Å²) in [5.41, 5.74) is 4.39. The minimum atomic E-state index is -0.932. The highest BCUT2D eigenvalue weighted by Crippen LogP contribution is 2.12. The molecule has 0 saturated carbocycles. The van der Waals surface area contributed by atoms with Crippen molar-refractivity contribution < 1.29 is 9.90 Å². The molecule has 0 saturated heterocycles. The van der Waals surface area contributed by atoms with Crippen LogP contribution >= 0.6 is 0 Å². The maximum atomic E-state index is 10.8. The van der Waals surface area contributed by atoms with Crippen molar-refractivity contribution in [3.8, 4) is 11.8 Å². The lowest BCUT2D eigenvalue weighted by atomic mass is 10.0. The molecule has 0 fully saturated rings. The first-order valence-electron chi connectivity index (χ1n) is 7.52. The molecule has 118 valence electrons. The molecule has 0 atom stereocenters. The van der Waals surface area contributed by atoms with Gasteiger partial charge in [0.25, 0.3) is 0 Å². The van der Waals surface area contributed by atoms with E-state index in [1.165, 1.54) is 11.1 Å². The number of hydrogen-bond acceptors (Lipinski definition) is 2. The van der Waals surface area contributed by atoms with E-state index >= 15 is 0 Å². The number of imidazole rings is 1. The smallest absolute Gasteiger partial charge is 0.335 e. The highest BCUT2D eigenvalue weighted by molar-refractivity contribution is 5.87.